The van der Waals surface area contributed by atoms with Gasteiger partial charge >= 0.3 is 0 Å². The Hall–Kier alpha value is -0.260. The maximum atomic E-state index is 4.32. The SMILES string of the molecule is C=C1CC[C@]23[C@@H]([C@H](C(C)C)CC[C@@H]2C)[C@H]13. The number of hydrogen-bond donors (Lipinski definition) is 0. The third-order valence-electron chi connectivity index (χ3n) is 5.94. The van der Waals surface area contributed by atoms with Crippen LogP contribution in [0.2, 0.25) is 0 Å². The predicted molar refractivity (Wildman–Crippen MR) is 64.5 cm³/mol. The van der Waals surface area contributed by atoms with E-state index >= 15 is 0 Å². The molecule has 0 N–H and O–H groups in total. The van der Waals surface area contributed by atoms with Crippen LogP contribution in [-0.4, -0.2) is 0 Å². The molecule has 0 unspecified atom stereocenters. The van der Waals surface area contributed by atoms with Crippen LogP contribution in [-0.2, 0) is 0 Å². The third-order valence-corrected chi connectivity index (χ3v) is 5.94. The summed E-state index contributed by atoms with van der Waals surface area (Å²) in [6, 6.07) is 0. The van der Waals surface area contributed by atoms with Crippen molar-refractivity contribution in [1.29, 1.82) is 0 Å². The van der Waals surface area contributed by atoms with Gasteiger partial charge in [-0.15, -0.1) is 0 Å². The smallest absolute Gasteiger partial charge is 0.0107 e. The van der Waals surface area contributed by atoms with Crippen molar-refractivity contribution in [3.63, 3.8) is 0 Å². The Labute approximate surface area is 94.1 Å². The Kier molecular flexibility index (Phi) is 1.92. The fourth-order valence-corrected chi connectivity index (χ4v) is 5.14. The van der Waals surface area contributed by atoms with Gasteiger partial charge in [0.05, 0.1) is 0 Å². The first-order chi connectivity index (χ1) is 7.09. The number of allylic oxidation sites excluding steroid dienone is 1. The maximum absolute atomic E-state index is 4.32. The van der Waals surface area contributed by atoms with Gasteiger partial charge in [-0.2, -0.15) is 0 Å². The summed E-state index contributed by atoms with van der Waals surface area (Å²) < 4.78 is 0. The second-order valence-corrected chi connectivity index (χ2v) is 6.66. The molecule has 0 bridgehead atoms. The molecule has 0 aromatic carbocycles. The van der Waals surface area contributed by atoms with Gasteiger partial charge in [0.25, 0.3) is 0 Å². The average Bonchev–Trinajstić information content (AvgIpc) is 2.75. The highest BCUT2D eigenvalue weighted by Crippen LogP contribution is 2.79. The van der Waals surface area contributed by atoms with Crippen molar-refractivity contribution < 1.29 is 0 Å². The van der Waals surface area contributed by atoms with E-state index in [9.17, 15) is 0 Å². The average molecular weight is 204 g/mol. The van der Waals surface area contributed by atoms with Crippen LogP contribution in [0, 0.1) is 35.0 Å². The zero-order valence-electron chi connectivity index (χ0n) is 10.4. The van der Waals surface area contributed by atoms with Gasteiger partial charge in [0.2, 0.25) is 0 Å². The van der Waals surface area contributed by atoms with Crippen LogP contribution < -0.4 is 0 Å². The molecule has 3 aliphatic rings. The number of rotatable bonds is 1. The van der Waals surface area contributed by atoms with Crippen LogP contribution in [0.5, 0.6) is 0 Å². The van der Waals surface area contributed by atoms with Crippen molar-refractivity contribution in [2.75, 3.05) is 0 Å². The Morgan fingerprint density at radius 1 is 1.33 bits per heavy atom. The summed E-state index contributed by atoms with van der Waals surface area (Å²) in [5.41, 5.74) is 2.34. The van der Waals surface area contributed by atoms with Gasteiger partial charge in [-0.3, -0.25) is 0 Å². The van der Waals surface area contributed by atoms with Crippen LogP contribution in [0.1, 0.15) is 46.5 Å². The second-order valence-electron chi connectivity index (χ2n) is 6.66. The van der Waals surface area contributed by atoms with Crippen LogP contribution in [0.4, 0.5) is 0 Å². The molecule has 0 radical (unpaired) electrons. The summed E-state index contributed by atoms with van der Waals surface area (Å²) >= 11 is 0. The first-order valence-corrected chi connectivity index (χ1v) is 6.76. The summed E-state index contributed by atoms with van der Waals surface area (Å²) in [6.45, 7) is 11.7. The minimum Gasteiger partial charge on any atom is -0.0995 e. The molecule has 0 aromatic heterocycles. The Morgan fingerprint density at radius 2 is 2.07 bits per heavy atom. The first-order valence-electron chi connectivity index (χ1n) is 6.76. The van der Waals surface area contributed by atoms with Gasteiger partial charge in [-0.25, -0.2) is 0 Å². The molecule has 0 amide bonds. The lowest BCUT2D eigenvalue weighted by atomic mass is 9.70. The Morgan fingerprint density at radius 3 is 2.73 bits per heavy atom. The highest BCUT2D eigenvalue weighted by atomic mass is 14.8. The van der Waals surface area contributed by atoms with Crippen molar-refractivity contribution in [3.05, 3.63) is 12.2 Å². The van der Waals surface area contributed by atoms with E-state index in [0.29, 0.717) is 0 Å². The lowest BCUT2D eigenvalue weighted by molar-refractivity contribution is 0.142. The Bertz CT molecular complexity index is 301. The molecular weight excluding hydrogens is 180 g/mol. The van der Waals surface area contributed by atoms with Crippen LogP contribution in [0.15, 0.2) is 12.2 Å². The quantitative estimate of drug-likeness (QED) is 0.559. The topological polar surface area (TPSA) is 0 Å². The summed E-state index contributed by atoms with van der Waals surface area (Å²) in [6.07, 6.45) is 5.75. The molecule has 5 atom stereocenters. The Balaban J connectivity index is 1.91. The minimum atomic E-state index is 0.740. The predicted octanol–water partition coefficient (Wildman–Crippen LogP) is 4.27. The monoisotopic (exact) mass is 204 g/mol. The summed E-state index contributed by atoms with van der Waals surface area (Å²) in [5, 5.41) is 0. The first kappa shape index (κ1) is 9.93. The molecule has 15 heavy (non-hydrogen) atoms. The van der Waals surface area contributed by atoms with Gasteiger partial charge in [-0.05, 0) is 60.7 Å². The molecule has 0 nitrogen and oxygen atoms in total. The van der Waals surface area contributed by atoms with Gasteiger partial charge in [0.15, 0.2) is 0 Å². The molecule has 3 fully saturated rings. The third kappa shape index (κ3) is 1.04. The van der Waals surface area contributed by atoms with Gasteiger partial charge in [0, 0.05) is 0 Å². The zero-order valence-corrected chi connectivity index (χ0v) is 10.4. The van der Waals surface area contributed by atoms with Gasteiger partial charge < -0.3 is 0 Å². The van der Waals surface area contributed by atoms with Gasteiger partial charge in [0.1, 0.15) is 0 Å². The van der Waals surface area contributed by atoms with E-state index in [4.69, 9.17) is 0 Å². The lowest BCUT2D eigenvalue weighted by Gasteiger charge is -2.35. The maximum Gasteiger partial charge on any atom is -0.0107 e. The van der Waals surface area contributed by atoms with E-state index in [0.717, 1.165) is 35.0 Å². The molecule has 84 valence electrons. The van der Waals surface area contributed by atoms with Crippen LogP contribution in [0.25, 0.3) is 0 Å². The highest BCUT2D eigenvalue weighted by molar-refractivity contribution is 5.33. The van der Waals surface area contributed by atoms with Crippen LogP contribution >= 0.6 is 0 Å². The molecule has 1 spiro atoms. The summed E-state index contributed by atoms with van der Waals surface area (Å²) in [7, 11) is 0. The zero-order chi connectivity index (χ0) is 10.8. The van der Waals surface area contributed by atoms with E-state index < -0.39 is 0 Å². The molecule has 0 heteroatoms. The van der Waals surface area contributed by atoms with Crippen molar-refractivity contribution >= 4 is 0 Å². The molecule has 0 saturated heterocycles. The van der Waals surface area contributed by atoms with E-state index in [1.165, 1.54) is 25.7 Å². The molecule has 3 aliphatic carbocycles. The van der Waals surface area contributed by atoms with E-state index in [2.05, 4.69) is 27.4 Å². The summed E-state index contributed by atoms with van der Waals surface area (Å²) in [5.74, 6) is 4.83. The minimum absolute atomic E-state index is 0.740. The molecule has 3 rings (SSSR count). The van der Waals surface area contributed by atoms with Gasteiger partial charge in [-0.1, -0.05) is 32.9 Å². The standard InChI is InChI=1S/C15H24/c1-9(2)12-6-5-11(4)15-8-7-10(3)13(15)14(12)15/h9,11-14H,3,5-8H2,1-2,4H3/t11-,12-,13-,14-,15-/m0/s1. The normalized spacial score (nSPS) is 52.9. The molecular formula is C15H24. The lowest BCUT2D eigenvalue weighted by Crippen LogP contribution is -2.27. The molecule has 0 heterocycles. The summed E-state index contributed by atoms with van der Waals surface area (Å²) in [4.78, 5) is 0. The fraction of sp³-hybridized carbons (Fsp3) is 0.867. The van der Waals surface area contributed by atoms with Crippen molar-refractivity contribution in [2.45, 2.75) is 46.5 Å². The highest BCUT2D eigenvalue weighted by Gasteiger charge is 2.73. The van der Waals surface area contributed by atoms with Crippen molar-refractivity contribution in [1.82, 2.24) is 0 Å². The largest absolute Gasteiger partial charge is 0.0995 e. The van der Waals surface area contributed by atoms with E-state index in [1.807, 2.05) is 0 Å². The number of hydrogen-bond acceptors (Lipinski definition) is 0. The van der Waals surface area contributed by atoms with Crippen molar-refractivity contribution in [3.8, 4) is 0 Å². The number of fused-ring (bicyclic) bond motifs is 1. The molecule has 0 aliphatic heterocycles. The van der Waals surface area contributed by atoms with Crippen LogP contribution in [0.3, 0.4) is 0 Å². The second kappa shape index (κ2) is 2.90. The van der Waals surface area contributed by atoms with E-state index in [1.54, 1.807) is 5.57 Å². The fourth-order valence-electron chi connectivity index (χ4n) is 5.14. The van der Waals surface area contributed by atoms with Crippen molar-refractivity contribution in [2.24, 2.45) is 35.0 Å². The van der Waals surface area contributed by atoms with E-state index in [-0.39, 0.29) is 0 Å². The molecule has 0 aromatic rings. The molecule has 3 saturated carbocycles.